The molecule has 1 aromatic rings. The van der Waals surface area contributed by atoms with E-state index in [1.54, 1.807) is 0 Å². The molecule has 2 unspecified atom stereocenters. The van der Waals surface area contributed by atoms with Gasteiger partial charge in [0.25, 0.3) is 5.91 Å². The molecular weight excluding hydrogens is 276 g/mol. The maximum Gasteiger partial charge on any atom is 0.328 e. The molecule has 0 radical (unpaired) electrons. The van der Waals surface area contributed by atoms with E-state index in [9.17, 15) is 9.59 Å². The Hall–Kier alpha value is -2.41. The number of ether oxygens (including phenoxy) is 1. The zero-order valence-electron chi connectivity index (χ0n) is 11.5. The minimum atomic E-state index is -1.16. The Bertz CT molecular complexity index is 544. The van der Waals surface area contributed by atoms with Gasteiger partial charge in [-0.15, -0.1) is 0 Å². The number of hydrogen-bond donors (Lipinski definition) is 2. The second kappa shape index (κ2) is 6.85. The minimum Gasteiger partial charge on any atom is -0.480 e. The third-order valence-corrected chi connectivity index (χ3v) is 3.02. The largest absolute Gasteiger partial charge is 0.480 e. The molecule has 0 bridgehead atoms. The summed E-state index contributed by atoms with van der Waals surface area (Å²) < 4.78 is 4.75. The summed E-state index contributed by atoms with van der Waals surface area (Å²) in [7, 11) is 1.37. The Morgan fingerprint density at radius 2 is 2.19 bits per heavy atom. The number of oxime groups is 1. The number of aliphatic carboxylic acids is 1. The number of amides is 1. The standard InChI is InChI=1S/C14H16N2O5/c1-20-8-11(14(18)19)15-13(17)12-7-10(16-21-12)9-5-3-2-4-6-9/h2-6,11-12H,7-8H2,1H3,(H,15,17)(H,18,19). The van der Waals surface area contributed by atoms with Crippen molar-refractivity contribution in [1.29, 1.82) is 0 Å². The van der Waals surface area contributed by atoms with E-state index in [-0.39, 0.29) is 6.61 Å². The molecule has 1 heterocycles. The number of benzene rings is 1. The molecular formula is C14H16N2O5. The van der Waals surface area contributed by atoms with Crippen LogP contribution < -0.4 is 5.32 Å². The quantitative estimate of drug-likeness (QED) is 0.790. The lowest BCUT2D eigenvalue weighted by molar-refractivity contribution is -0.145. The van der Waals surface area contributed by atoms with Crippen molar-refractivity contribution in [1.82, 2.24) is 5.32 Å². The number of rotatable bonds is 6. The highest BCUT2D eigenvalue weighted by Gasteiger charge is 2.31. The van der Waals surface area contributed by atoms with E-state index in [1.807, 2.05) is 30.3 Å². The summed E-state index contributed by atoms with van der Waals surface area (Å²) >= 11 is 0. The van der Waals surface area contributed by atoms with Crippen molar-refractivity contribution >= 4 is 17.6 Å². The van der Waals surface area contributed by atoms with Gasteiger partial charge in [0.05, 0.1) is 12.3 Å². The average molecular weight is 292 g/mol. The summed E-state index contributed by atoms with van der Waals surface area (Å²) in [6.07, 6.45) is -0.520. The third kappa shape index (κ3) is 3.79. The van der Waals surface area contributed by atoms with Crippen LogP contribution >= 0.6 is 0 Å². The van der Waals surface area contributed by atoms with Gasteiger partial charge in [0, 0.05) is 13.5 Å². The van der Waals surface area contributed by atoms with Gasteiger partial charge in [0.1, 0.15) is 0 Å². The highest BCUT2D eigenvalue weighted by molar-refractivity contribution is 6.04. The molecule has 7 heteroatoms. The van der Waals surface area contributed by atoms with E-state index in [2.05, 4.69) is 10.5 Å². The number of methoxy groups -OCH3 is 1. The van der Waals surface area contributed by atoms with Crippen LogP contribution in [0.1, 0.15) is 12.0 Å². The van der Waals surface area contributed by atoms with Crippen molar-refractivity contribution in [3.05, 3.63) is 35.9 Å². The summed E-state index contributed by atoms with van der Waals surface area (Å²) in [6, 6.07) is 8.24. The first-order chi connectivity index (χ1) is 10.1. The number of carboxylic acid groups (broad SMARTS) is 1. The molecule has 1 amide bonds. The lowest BCUT2D eigenvalue weighted by atomic mass is 10.0. The Kier molecular flexibility index (Phi) is 4.89. The summed E-state index contributed by atoms with van der Waals surface area (Å²) in [6.45, 7) is -0.111. The molecule has 0 saturated heterocycles. The SMILES string of the molecule is COCC(NC(=O)C1CC(c2ccccc2)=NO1)C(=O)O. The van der Waals surface area contributed by atoms with Gasteiger partial charge in [-0.25, -0.2) is 4.79 Å². The van der Waals surface area contributed by atoms with E-state index >= 15 is 0 Å². The summed E-state index contributed by atoms with van der Waals surface area (Å²) in [5.74, 6) is -1.68. The zero-order valence-corrected chi connectivity index (χ0v) is 11.5. The second-order valence-corrected chi connectivity index (χ2v) is 4.56. The predicted octanol–water partition coefficient (Wildman–Crippen LogP) is 0.395. The Morgan fingerprint density at radius 3 is 2.81 bits per heavy atom. The van der Waals surface area contributed by atoms with Gasteiger partial charge in [-0.1, -0.05) is 35.5 Å². The molecule has 0 spiro atoms. The summed E-state index contributed by atoms with van der Waals surface area (Å²) in [5.41, 5.74) is 1.54. The zero-order chi connectivity index (χ0) is 15.2. The number of carbonyl (C=O) groups is 2. The normalized spacial score (nSPS) is 18.5. The highest BCUT2D eigenvalue weighted by Crippen LogP contribution is 2.16. The van der Waals surface area contributed by atoms with Crippen LogP contribution in [0, 0.1) is 0 Å². The molecule has 1 aliphatic heterocycles. The number of carboxylic acids is 1. The molecule has 2 atom stereocenters. The maximum absolute atomic E-state index is 12.0. The van der Waals surface area contributed by atoms with Gasteiger partial charge < -0.3 is 20.0 Å². The average Bonchev–Trinajstić information content (AvgIpc) is 2.97. The van der Waals surface area contributed by atoms with Crippen LogP contribution in [0.25, 0.3) is 0 Å². The third-order valence-electron chi connectivity index (χ3n) is 3.02. The first-order valence-corrected chi connectivity index (χ1v) is 6.42. The van der Waals surface area contributed by atoms with Gasteiger partial charge in [0.15, 0.2) is 6.04 Å². The maximum atomic E-state index is 12.0. The topological polar surface area (TPSA) is 97.2 Å². The number of nitrogens with one attached hydrogen (secondary N) is 1. The molecule has 2 N–H and O–H groups in total. The fraction of sp³-hybridized carbons (Fsp3) is 0.357. The van der Waals surface area contributed by atoms with E-state index in [1.165, 1.54) is 7.11 Å². The van der Waals surface area contributed by atoms with Crippen molar-refractivity contribution in [2.45, 2.75) is 18.6 Å². The molecule has 1 aromatic carbocycles. The fourth-order valence-electron chi connectivity index (χ4n) is 1.93. The van der Waals surface area contributed by atoms with Crippen LogP contribution in [0.3, 0.4) is 0 Å². The molecule has 1 aliphatic rings. The first-order valence-electron chi connectivity index (χ1n) is 6.42. The molecule has 21 heavy (non-hydrogen) atoms. The lowest BCUT2D eigenvalue weighted by Gasteiger charge is -2.15. The smallest absolute Gasteiger partial charge is 0.328 e. The second-order valence-electron chi connectivity index (χ2n) is 4.56. The highest BCUT2D eigenvalue weighted by atomic mass is 16.6. The summed E-state index contributed by atoms with van der Waals surface area (Å²) in [5, 5.41) is 15.2. The van der Waals surface area contributed by atoms with Gasteiger partial charge in [-0.3, -0.25) is 4.79 Å². The van der Waals surface area contributed by atoms with Gasteiger partial charge in [-0.2, -0.15) is 0 Å². The van der Waals surface area contributed by atoms with Crippen molar-refractivity contribution in [3.8, 4) is 0 Å². The van der Waals surface area contributed by atoms with Crippen LogP contribution in [0.5, 0.6) is 0 Å². The molecule has 112 valence electrons. The van der Waals surface area contributed by atoms with E-state index in [0.29, 0.717) is 12.1 Å². The van der Waals surface area contributed by atoms with Crippen LogP contribution in [0.15, 0.2) is 35.5 Å². The molecule has 0 aromatic heterocycles. The Morgan fingerprint density at radius 1 is 1.48 bits per heavy atom. The van der Waals surface area contributed by atoms with Crippen LogP contribution in [0.4, 0.5) is 0 Å². The van der Waals surface area contributed by atoms with E-state index < -0.39 is 24.0 Å². The number of nitrogens with zero attached hydrogens (tertiary/aromatic N) is 1. The van der Waals surface area contributed by atoms with Crippen molar-refractivity contribution in [2.24, 2.45) is 5.16 Å². The summed E-state index contributed by atoms with van der Waals surface area (Å²) in [4.78, 5) is 28.0. The first kappa shape index (κ1) is 15.0. The molecule has 0 aliphatic carbocycles. The predicted molar refractivity (Wildman–Crippen MR) is 73.9 cm³/mol. The van der Waals surface area contributed by atoms with Gasteiger partial charge in [0.2, 0.25) is 6.10 Å². The van der Waals surface area contributed by atoms with Crippen LogP contribution in [-0.2, 0) is 19.2 Å². The van der Waals surface area contributed by atoms with Gasteiger partial charge >= 0.3 is 5.97 Å². The van der Waals surface area contributed by atoms with Crippen LogP contribution in [0.2, 0.25) is 0 Å². The van der Waals surface area contributed by atoms with Crippen molar-refractivity contribution < 1.29 is 24.3 Å². The van der Waals surface area contributed by atoms with Crippen molar-refractivity contribution in [3.63, 3.8) is 0 Å². The van der Waals surface area contributed by atoms with Crippen LogP contribution in [-0.4, -0.2) is 48.6 Å². The Labute approximate surface area is 121 Å². The van der Waals surface area contributed by atoms with E-state index in [0.717, 1.165) is 5.56 Å². The number of hydrogen-bond acceptors (Lipinski definition) is 5. The van der Waals surface area contributed by atoms with Crippen molar-refractivity contribution in [2.75, 3.05) is 13.7 Å². The minimum absolute atomic E-state index is 0.111. The lowest BCUT2D eigenvalue weighted by Crippen LogP contribution is -2.47. The molecule has 2 rings (SSSR count). The molecule has 7 nitrogen and oxygen atoms in total. The fourth-order valence-corrected chi connectivity index (χ4v) is 1.93. The monoisotopic (exact) mass is 292 g/mol. The number of carbonyl (C=O) groups excluding carboxylic acids is 1. The Balaban J connectivity index is 1.93. The molecule has 0 saturated carbocycles. The van der Waals surface area contributed by atoms with Gasteiger partial charge in [-0.05, 0) is 5.56 Å². The van der Waals surface area contributed by atoms with E-state index in [4.69, 9.17) is 14.7 Å². The molecule has 0 fully saturated rings.